The molecule has 0 radical (unpaired) electrons. The Morgan fingerprint density at radius 1 is 0.604 bits per heavy atom. The van der Waals surface area contributed by atoms with E-state index in [4.69, 9.17) is 0 Å². The minimum atomic E-state index is 0.645. The molecule has 0 fully saturated rings. The number of benzene rings is 6. The lowest BCUT2D eigenvalue weighted by Crippen LogP contribution is -2.12. The molecule has 1 aliphatic rings. The number of hydrogen-bond acceptors (Lipinski definition) is 2. The van der Waals surface area contributed by atoms with Gasteiger partial charge in [-0.2, -0.15) is 5.26 Å². The summed E-state index contributed by atoms with van der Waals surface area (Å²) in [5.41, 5.74) is 13.2. The Morgan fingerprint density at radius 2 is 1.25 bits per heavy atom. The second-order valence-corrected chi connectivity index (χ2v) is 11.8. The fourth-order valence-corrected chi connectivity index (χ4v) is 6.67. The van der Waals surface area contributed by atoms with Crippen LogP contribution in [-0.4, -0.2) is 4.57 Å². The van der Waals surface area contributed by atoms with Gasteiger partial charge in [0.15, 0.2) is 0 Å². The molecule has 3 nitrogen and oxygen atoms in total. The van der Waals surface area contributed by atoms with Crippen molar-refractivity contribution >= 4 is 38.8 Å². The zero-order valence-electron chi connectivity index (χ0n) is 27.4. The average molecular weight is 620 g/mol. The number of fused-ring (bicyclic) bond motifs is 4. The third-order valence-electron chi connectivity index (χ3n) is 9.00. The van der Waals surface area contributed by atoms with Crippen LogP contribution in [0.15, 0.2) is 158 Å². The molecule has 3 heteroatoms. The van der Waals surface area contributed by atoms with E-state index in [0.29, 0.717) is 5.56 Å². The molecule has 6 aromatic carbocycles. The van der Waals surface area contributed by atoms with Crippen molar-refractivity contribution in [3.8, 4) is 34.0 Å². The highest BCUT2D eigenvalue weighted by atomic mass is 15.1. The molecule has 0 aliphatic carbocycles. The van der Waals surface area contributed by atoms with E-state index >= 15 is 0 Å². The third-order valence-corrected chi connectivity index (χ3v) is 9.00. The number of nitrogens with zero attached hydrogens (tertiary/aromatic N) is 3. The Hall–Kier alpha value is -6.11. The van der Waals surface area contributed by atoms with Gasteiger partial charge in [0.05, 0.1) is 28.4 Å². The Balaban J connectivity index is 0.00000179. The Bertz CT molecular complexity index is 2330. The van der Waals surface area contributed by atoms with Crippen LogP contribution in [-0.2, 0) is 0 Å². The largest absolute Gasteiger partial charge is 0.317 e. The van der Waals surface area contributed by atoms with Gasteiger partial charge in [0.25, 0.3) is 0 Å². The highest BCUT2D eigenvalue weighted by molar-refractivity contribution is 6.10. The fraction of sp³-hybridized carbons (Fsp3) is 0.0889. The summed E-state index contributed by atoms with van der Waals surface area (Å²) in [5, 5.41) is 12.0. The topological polar surface area (TPSA) is 32.0 Å². The molecule has 1 aromatic heterocycles. The third kappa shape index (κ3) is 5.59. The summed E-state index contributed by atoms with van der Waals surface area (Å²) >= 11 is 0. The van der Waals surface area contributed by atoms with Crippen molar-refractivity contribution in [3.63, 3.8) is 0 Å². The van der Waals surface area contributed by atoms with E-state index in [1.54, 1.807) is 0 Å². The molecule has 0 spiro atoms. The van der Waals surface area contributed by atoms with E-state index in [1.807, 2.05) is 38.1 Å². The van der Waals surface area contributed by atoms with Gasteiger partial charge < -0.3 is 9.47 Å². The van der Waals surface area contributed by atoms with Crippen molar-refractivity contribution in [2.75, 3.05) is 4.90 Å². The number of hydrogen-bond donors (Lipinski definition) is 0. The van der Waals surface area contributed by atoms with Crippen molar-refractivity contribution in [2.45, 2.75) is 26.7 Å². The van der Waals surface area contributed by atoms with Crippen LogP contribution >= 0.6 is 0 Å². The molecule has 1 aliphatic heterocycles. The number of nitriles is 1. The highest BCUT2D eigenvalue weighted by Crippen LogP contribution is 2.40. The smallest absolute Gasteiger partial charge is 0.0992 e. The zero-order valence-corrected chi connectivity index (χ0v) is 27.4. The molecular formula is C45H37N3. The summed E-state index contributed by atoms with van der Waals surface area (Å²) in [5.74, 6) is 0. The van der Waals surface area contributed by atoms with E-state index in [0.717, 1.165) is 46.5 Å². The van der Waals surface area contributed by atoms with E-state index in [9.17, 15) is 5.26 Å². The van der Waals surface area contributed by atoms with Crippen LogP contribution < -0.4 is 4.90 Å². The first-order valence-electron chi connectivity index (χ1n) is 16.7. The standard InChI is InChI=1S/C43H31N3.C2H6/c1-30-10-7-8-25-45(37-14-9-11-31(26-37)29-44)41-23-21-34(27-39(30)41)32-17-19-33(20-18-32)35-22-24-43-40(28-35)38-15-5-6-16-42(38)46(43)36-12-3-2-4-13-36;1-2/h2-6,8-9,11-28H,1,7,10H2;1-2H3/b25-8-;. The Morgan fingerprint density at radius 3 is 2.02 bits per heavy atom. The first kappa shape index (κ1) is 30.5. The molecular weight excluding hydrogens is 583 g/mol. The lowest BCUT2D eigenvalue weighted by atomic mass is 9.93. The number of rotatable bonds is 4. The SMILES string of the molecule is C=C1CC/C=C\N(c2cccc(C#N)c2)c2ccc(-c3ccc(-c4ccc5c(c4)c4ccccc4n5-c4ccccc4)cc3)cc21.CC. The summed E-state index contributed by atoms with van der Waals surface area (Å²) in [4.78, 5) is 2.16. The van der Waals surface area contributed by atoms with Gasteiger partial charge in [-0.1, -0.05) is 105 Å². The second kappa shape index (κ2) is 13.3. The molecule has 0 unspecified atom stereocenters. The number of allylic oxidation sites excluding steroid dienone is 2. The van der Waals surface area contributed by atoms with Crippen LogP contribution in [0.5, 0.6) is 0 Å². The van der Waals surface area contributed by atoms with Crippen LogP contribution in [0.1, 0.15) is 37.8 Å². The Kier molecular flexibility index (Phi) is 8.47. The van der Waals surface area contributed by atoms with Crippen LogP contribution in [0, 0.1) is 11.3 Å². The van der Waals surface area contributed by atoms with Gasteiger partial charge in [-0.05, 0) is 101 Å². The first-order chi connectivity index (χ1) is 23.7. The molecule has 232 valence electrons. The summed E-state index contributed by atoms with van der Waals surface area (Å²) in [6, 6.07) is 51.5. The van der Waals surface area contributed by atoms with Gasteiger partial charge in [-0.3, -0.25) is 0 Å². The van der Waals surface area contributed by atoms with E-state index in [2.05, 4.69) is 150 Å². The normalized spacial score (nSPS) is 13.2. The maximum atomic E-state index is 9.48. The van der Waals surface area contributed by atoms with Crippen LogP contribution in [0.2, 0.25) is 0 Å². The highest BCUT2D eigenvalue weighted by Gasteiger charge is 2.18. The van der Waals surface area contributed by atoms with E-state index < -0.39 is 0 Å². The van der Waals surface area contributed by atoms with Crippen molar-refractivity contribution in [3.05, 3.63) is 170 Å². The van der Waals surface area contributed by atoms with E-state index in [-0.39, 0.29) is 0 Å². The predicted octanol–water partition coefficient (Wildman–Crippen LogP) is 12.5. The predicted molar refractivity (Wildman–Crippen MR) is 204 cm³/mol. The van der Waals surface area contributed by atoms with Crippen molar-refractivity contribution < 1.29 is 0 Å². The van der Waals surface area contributed by atoms with Crippen LogP contribution in [0.3, 0.4) is 0 Å². The summed E-state index contributed by atoms with van der Waals surface area (Å²) in [7, 11) is 0. The van der Waals surface area contributed by atoms with Crippen molar-refractivity contribution in [1.29, 1.82) is 5.26 Å². The molecule has 48 heavy (non-hydrogen) atoms. The quantitative estimate of drug-likeness (QED) is 0.196. The second-order valence-electron chi connectivity index (χ2n) is 11.8. The van der Waals surface area contributed by atoms with Crippen LogP contribution in [0.4, 0.5) is 11.4 Å². The van der Waals surface area contributed by atoms with Crippen LogP contribution in [0.25, 0.3) is 55.3 Å². The molecule has 0 bridgehead atoms. The fourth-order valence-electron chi connectivity index (χ4n) is 6.67. The van der Waals surface area contributed by atoms with Gasteiger partial charge >= 0.3 is 0 Å². The molecule has 0 saturated carbocycles. The summed E-state index contributed by atoms with van der Waals surface area (Å²) in [6.45, 7) is 8.46. The number of aromatic nitrogens is 1. The minimum absolute atomic E-state index is 0.645. The Labute approximate surface area is 282 Å². The number of anilines is 2. The molecule has 0 N–H and O–H groups in total. The molecule has 0 saturated heterocycles. The lowest BCUT2D eigenvalue weighted by Gasteiger charge is -2.27. The molecule has 0 amide bonds. The maximum absolute atomic E-state index is 9.48. The molecule has 7 aromatic rings. The molecule has 0 atom stereocenters. The maximum Gasteiger partial charge on any atom is 0.0992 e. The monoisotopic (exact) mass is 619 g/mol. The summed E-state index contributed by atoms with van der Waals surface area (Å²) < 4.78 is 2.35. The van der Waals surface area contributed by atoms with Gasteiger partial charge in [0.2, 0.25) is 0 Å². The molecule has 8 rings (SSSR count). The zero-order chi connectivity index (χ0) is 33.0. The minimum Gasteiger partial charge on any atom is -0.317 e. The van der Waals surface area contributed by atoms with Crippen molar-refractivity contribution in [2.24, 2.45) is 0 Å². The number of para-hydroxylation sites is 2. The van der Waals surface area contributed by atoms with Gasteiger partial charge in [-0.15, -0.1) is 0 Å². The van der Waals surface area contributed by atoms with Gasteiger partial charge in [0.1, 0.15) is 0 Å². The van der Waals surface area contributed by atoms with Gasteiger partial charge in [0, 0.05) is 33.9 Å². The average Bonchev–Trinajstić information content (AvgIpc) is 3.49. The first-order valence-corrected chi connectivity index (χ1v) is 16.7. The summed E-state index contributed by atoms with van der Waals surface area (Å²) in [6.07, 6.45) is 6.11. The lowest BCUT2D eigenvalue weighted by molar-refractivity contribution is 1.04. The van der Waals surface area contributed by atoms with Crippen molar-refractivity contribution in [1.82, 2.24) is 4.57 Å². The van der Waals surface area contributed by atoms with Gasteiger partial charge in [-0.25, -0.2) is 0 Å². The van der Waals surface area contributed by atoms with E-state index in [1.165, 1.54) is 38.6 Å². The molecule has 2 heterocycles.